The summed E-state index contributed by atoms with van der Waals surface area (Å²) < 4.78 is 20.6. The molecule has 0 heterocycles. The van der Waals surface area contributed by atoms with Crippen molar-refractivity contribution in [2.24, 2.45) is 0 Å². The summed E-state index contributed by atoms with van der Waals surface area (Å²) in [6.07, 6.45) is -1.17. The lowest BCUT2D eigenvalue weighted by atomic mass is 10.00. The van der Waals surface area contributed by atoms with E-state index in [1.807, 2.05) is 0 Å². The minimum absolute atomic E-state index is 0.0597. The molecule has 0 bridgehead atoms. The van der Waals surface area contributed by atoms with Crippen molar-refractivity contribution in [3.63, 3.8) is 0 Å². The number of aliphatic hydroxyl groups is 1. The highest BCUT2D eigenvalue weighted by molar-refractivity contribution is 9.10. The highest BCUT2D eigenvalue weighted by Crippen LogP contribution is 2.36. The van der Waals surface area contributed by atoms with E-state index >= 15 is 0 Å². The van der Waals surface area contributed by atoms with Crippen LogP contribution in [0.1, 0.15) is 17.2 Å². The van der Waals surface area contributed by atoms with Crippen molar-refractivity contribution in [2.75, 3.05) is 7.11 Å². The SMILES string of the molecule is COc1ccc(Br)cc1C(O)c1ccc(Br)c(Cl)c1F. The number of halogens is 4. The minimum atomic E-state index is -1.17. The Morgan fingerprint density at radius 1 is 1.20 bits per heavy atom. The van der Waals surface area contributed by atoms with Crippen molar-refractivity contribution < 1.29 is 14.2 Å². The van der Waals surface area contributed by atoms with Gasteiger partial charge in [0.1, 0.15) is 17.7 Å². The summed E-state index contributed by atoms with van der Waals surface area (Å²) in [7, 11) is 1.49. The molecule has 2 aromatic carbocycles. The van der Waals surface area contributed by atoms with E-state index in [0.717, 1.165) is 4.47 Å². The van der Waals surface area contributed by atoms with Crippen LogP contribution in [0.2, 0.25) is 5.02 Å². The molecule has 2 rings (SSSR count). The van der Waals surface area contributed by atoms with Gasteiger partial charge in [-0.05, 0) is 40.2 Å². The van der Waals surface area contributed by atoms with Crippen LogP contribution in [0, 0.1) is 5.82 Å². The fourth-order valence-electron chi connectivity index (χ4n) is 1.84. The molecule has 0 saturated heterocycles. The zero-order chi connectivity index (χ0) is 14.9. The summed E-state index contributed by atoms with van der Waals surface area (Å²) in [6, 6.07) is 8.23. The molecule has 0 spiro atoms. The number of rotatable bonds is 3. The Morgan fingerprint density at radius 3 is 2.55 bits per heavy atom. The molecule has 0 fully saturated rings. The molecule has 0 radical (unpaired) electrons. The van der Waals surface area contributed by atoms with Gasteiger partial charge in [-0.15, -0.1) is 0 Å². The smallest absolute Gasteiger partial charge is 0.149 e. The second-order valence-corrected chi connectivity index (χ2v) is 6.20. The molecule has 1 unspecified atom stereocenters. The predicted molar refractivity (Wildman–Crippen MR) is 83.9 cm³/mol. The van der Waals surface area contributed by atoms with Crippen LogP contribution in [0.4, 0.5) is 4.39 Å². The van der Waals surface area contributed by atoms with Gasteiger partial charge in [0.15, 0.2) is 0 Å². The summed E-state index contributed by atoms with van der Waals surface area (Å²) in [4.78, 5) is 0. The van der Waals surface area contributed by atoms with Crippen LogP contribution in [-0.2, 0) is 0 Å². The third-order valence-corrected chi connectivity index (χ3v) is 4.60. The molecule has 0 aliphatic heterocycles. The van der Waals surface area contributed by atoms with Gasteiger partial charge in [-0.3, -0.25) is 0 Å². The zero-order valence-corrected chi connectivity index (χ0v) is 14.3. The van der Waals surface area contributed by atoms with Crippen LogP contribution in [0.25, 0.3) is 0 Å². The molecule has 0 saturated carbocycles. The van der Waals surface area contributed by atoms with Gasteiger partial charge in [0, 0.05) is 20.1 Å². The third kappa shape index (κ3) is 3.01. The number of hydrogen-bond acceptors (Lipinski definition) is 2. The van der Waals surface area contributed by atoms with Crippen molar-refractivity contribution in [1.82, 2.24) is 0 Å². The fraction of sp³-hybridized carbons (Fsp3) is 0.143. The molecule has 0 amide bonds. The van der Waals surface area contributed by atoms with Gasteiger partial charge < -0.3 is 9.84 Å². The van der Waals surface area contributed by atoms with Crippen molar-refractivity contribution in [1.29, 1.82) is 0 Å². The molecule has 20 heavy (non-hydrogen) atoms. The summed E-state index contributed by atoms with van der Waals surface area (Å²) in [5.74, 6) is -0.185. The van der Waals surface area contributed by atoms with E-state index in [-0.39, 0.29) is 10.6 Å². The highest BCUT2D eigenvalue weighted by Gasteiger charge is 2.21. The third-order valence-electron chi connectivity index (χ3n) is 2.85. The lowest BCUT2D eigenvalue weighted by Gasteiger charge is -2.17. The number of methoxy groups -OCH3 is 1. The number of aliphatic hydroxyl groups excluding tert-OH is 1. The number of benzene rings is 2. The minimum Gasteiger partial charge on any atom is -0.496 e. The quantitative estimate of drug-likeness (QED) is 0.695. The zero-order valence-electron chi connectivity index (χ0n) is 10.3. The maximum absolute atomic E-state index is 14.2. The average molecular weight is 424 g/mol. The van der Waals surface area contributed by atoms with E-state index < -0.39 is 11.9 Å². The molecule has 0 aromatic heterocycles. The van der Waals surface area contributed by atoms with E-state index in [9.17, 15) is 9.50 Å². The first-order valence-corrected chi connectivity index (χ1v) is 7.57. The van der Waals surface area contributed by atoms with E-state index in [0.29, 0.717) is 15.8 Å². The summed E-state index contributed by atoms with van der Waals surface area (Å²) in [6.45, 7) is 0. The Bertz CT molecular complexity index is 649. The second-order valence-electron chi connectivity index (χ2n) is 4.05. The molecule has 2 aromatic rings. The van der Waals surface area contributed by atoms with Gasteiger partial charge in [0.25, 0.3) is 0 Å². The molecular weight excluding hydrogens is 414 g/mol. The fourth-order valence-corrected chi connectivity index (χ4v) is 2.70. The van der Waals surface area contributed by atoms with Crippen LogP contribution >= 0.6 is 43.5 Å². The molecular formula is C14H10Br2ClFO2. The number of ether oxygens (including phenoxy) is 1. The van der Waals surface area contributed by atoms with E-state index in [1.165, 1.54) is 13.2 Å². The first kappa shape index (κ1) is 15.8. The maximum atomic E-state index is 14.2. The largest absolute Gasteiger partial charge is 0.496 e. The highest BCUT2D eigenvalue weighted by atomic mass is 79.9. The normalized spacial score (nSPS) is 12.3. The van der Waals surface area contributed by atoms with Crippen LogP contribution in [0.5, 0.6) is 5.75 Å². The first-order chi connectivity index (χ1) is 9.45. The molecule has 6 heteroatoms. The second kappa shape index (κ2) is 6.43. The van der Waals surface area contributed by atoms with E-state index in [1.54, 1.807) is 24.3 Å². The topological polar surface area (TPSA) is 29.5 Å². The average Bonchev–Trinajstić information content (AvgIpc) is 2.44. The number of hydrogen-bond donors (Lipinski definition) is 1. The molecule has 1 N–H and O–H groups in total. The summed E-state index contributed by atoms with van der Waals surface area (Å²) >= 11 is 12.3. The van der Waals surface area contributed by atoms with E-state index in [4.69, 9.17) is 16.3 Å². The van der Waals surface area contributed by atoms with Crippen molar-refractivity contribution in [2.45, 2.75) is 6.10 Å². The Balaban J connectivity index is 2.54. The summed E-state index contributed by atoms with van der Waals surface area (Å²) in [5, 5.41) is 10.3. The Hall–Kier alpha value is -0.620. The van der Waals surface area contributed by atoms with Crippen molar-refractivity contribution >= 4 is 43.5 Å². The summed E-state index contributed by atoms with van der Waals surface area (Å²) in [5.41, 5.74) is 0.550. The Morgan fingerprint density at radius 2 is 1.90 bits per heavy atom. The molecule has 1 atom stereocenters. The maximum Gasteiger partial charge on any atom is 0.149 e. The Kier molecular flexibility index (Phi) is 5.07. The molecule has 0 aliphatic rings. The van der Waals surface area contributed by atoms with Crippen molar-refractivity contribution in [3.8, 4) is 5.75 Å². The van der Waals surface area contributed by atoms with Gasteiger partial charge in [0.2, 0.25) is 0 Å². The molecule has 0 aliphatic carbocycles. The Labute approximate surface area is 137 Å². The standard InChI is InChI=1S/C14H10Br2ClFO2/c1-20-11-5-2-7(15)6-9(11)14(19)8-3-4-10(16)12(17)13(8)18/h2-6,14,19H,1H3. The monoisotopic (exact) mass is 422 g/mol. The molecule has 2 nitrogen and oxygen atoms in total. The van der Waals surface area contributed by atoms with Gasteiger partial charge in [-0.1, -0.05) is 33.6 Å². The predicted octanol–water partition coefficient (Wildman–Crippen LogP) is 5.09. The van der Waals surface area contributed by atoms with Gasteiger partial charge in [-0.2, -0.15) is 0 Å². The van der Waals surface area contributed by atoms with Crippen LogP contribution in [0.15, 0.2) is 39.3 Å². The van der Waals surface area contributed by atoms with Crippen LogP contribution in [-0.4, -0.2) is 12.2 Å². The van der Waals surface area contributed by atoms with E-state index in [2.05, 4.69) is 31.9 Å². The lowest BCUT2D eigenvalue weighted by Crippen LogP contribution is -2.05. The van der Waals surface area contributed by atoms with Crippen molar-refractivity contribution in [3.05, 3.63) is 61.2 Å². The van der Waals surface area contributed by atoms with Gasteiger partial charge >= 0.3 is 0 Å². The van der Waals surface area contributed by atoms with Gasteiger partial charge in [-0.25, -0.2) is 4.39 Å². The van der Waals surface area contributed by atoms with Crippen LogP contribution in [0.3, 0.4) is 0 Å². The molecule has 106 valence electrons. The van der Waals surface area contributed by atoms with Gasteiger partial charge in [0.05, 0.1) is 12.1 Å². The first-order valence-electron chi connectivity index (χ1n) is 5.60. The lowest BCUT2D eigenvalue weighted by molar-refractivity contribution is 0.209. The van der Waals surface area contributed by atoms with Crippen LogP contribution < -0.4 is 4.74 Å².